The zero-order valence-electron chi connectivity index (χ0n) is 17.3. The molecule has 0 aliphatic carbocycles. The van der Waals surface area contributed by atoms with Gasteiger partial charge in [0.1, 0.15) is 5.01 Å². The van der Waals surface area contributed by atoms with Crippen molar-refractivity contribution >= 4 is 28.5 Å². The third kappa shape index (κ3) is 3.70. The average molecular weight is 470 g/mol. The van der Waals surface area contributed by atoms with E-state index in [2.05, 4.69) is 14.7 Å². The number of anilines is 1. The third-order valence-electron chi connectivity index (χ3n) is 5.86. The van der Waals surface area contributed by atoms with Crippen LogP contribution in [0.5, 0.6) is 5.75 Å². The third-order valence-corrected chi connectivity index (χ3v) is 6.67. The predicted molar refractivity (Wildman–Crippen MR) is 110 cm³/mol. The molecule has 2 aromatic heterocycles. The van der Waals surface area contributed by atoms with Gasteiger partial charge in [0.25, 0.3) is 6.01 Å². The lowest BCUT2D eigenvalue weighted by Gasteiger charge is -2.36. The first-order valence-corrected chi connectivity index (χ1v) is 11.0. The fourth-order valence-corrected chi connectivity index (χ4v) is 5.06. The summed E-state index contributed by atoms with van der Waals surface area (Å²) in [6, 6.07) is 1.36. The molecule has 172 valence electrons. The van der Waals surface area contributed by atoms with E-state index in [0.29, 0.717) is 23.7 Å². The van der Waals surface area contributed by atoms with Crippen molar-refractivity contribution in [1.82, 2.24) is 15.0 Å². The minimum Gasteiger partial charge on any atom is -0.422 e. The molecule has 0 spiro atoms. The molecule has 2 saturated heterocycles. The molecule has 1 aromatic carbocycles. The summed E-state index contributed by atoms with van der Waals surface area (Å²) in [5.74, 6) is -0.598. The van der Waals surface area contributed by atoms with Crippen LogP contribution < -0.4 is 9.64 Å². The number of thiazole rings is 1. The Balaban J connectivity index is 1.71. The van der Waals surface area contributed by atoms with Gasteiger partial charge in [-0.2, -0.15) is 10.0 Å². The first kappa shape index (κ1) is 21.4. The number of piperazine rings is 1. The van der Waals surface area contributed by atoms with Crippen LogP contribution in [0.25, 0.3) is 21.7 Å². The Hall–Kier alpha value is -2.41. The number of rotatable bonds is 4. The van der Waals surface area contributed by atoms with E-state index < -0.39 is 17.7 Å². The summed E-state index contributed by atoms with van der Waals surface area (Å²) in [6.07, 6.45) is -1.79. The first-order chi connectivity index (χ1) is 15.0. The largest absolute Gasteiger partial charge is 0.573 e. The lowest BCUT2D eigenvalue weighted by atomic mass is 9.94. The SMILES string of the molecule is CC(C)(O)c1cc(-c2nccs2)c2oc(N3CC4CCC(C3)N4O)nc2c1OC(F)(F)F. The van der Waals surface area contributed by atoms with Gasteiger partial charge in [-0.25, -0.2) is 4.98 Å². The van der Waals surface area contributed by atoms with Crippen LogP contribution in [0.1, 0.15) is 32.3 Å². The topological polar surface area (TPSA) is 95.1 Å². The molecule has 2 unspecified atom stereocenters. The maximum Gasteiger partial charge on any atom is 0.573 e. The summed E-state index contributed by atoms with van der Waals surface area (Å²) in [5.41, 5.74) is -1.35. The Labute approximate surface area is 184 Å². The van der Waals surface area contributed by atoms with Crippen molar-refractivity contribution in [1.29, 1.82) is 0 Å². The van der Waals surface area contributed by atoms with Gasteiger partial charge < -0.3 is 24.4 Å². The van der Waals surface area contributed by atoms with Gasteiger partial charge in [0.05, 0.1) is 23.2 Å². The van der Waals surface area contributed by atoms with Crippen molar-refractivity contribution in [2.75, 3.05) is 18.0 Å². The van der Waals surface area contributed by atoms with Crippen LogP contribution in [-0.4, -0.2) is 56.9 Å². The van der Waals surface area contributed by atoms with Gasteiger partial charge in [-0.15, -0.1) is 24.5 Å². The van der Waals surface area contributed by atoms with Crippen LogP contribution in [0.4, 0.5) is 19.2 Å². The number of halogens is 3. The van der Waals surface area contributed by atoms with E-state index in [0.717, 1.165) is 12.8 Å². The Morgan fingerprint density at radius 2 is 1.91 bits per heavy atom. The Kier molecular flexibility index (Phi) is 4.89. The van der Waals surface area contributed by atoms with E-state index in [1.807, 2.05) is 4.90 Å². The monoisotopic (exact) mass is 470 g/mol. The zero-order chi connectivity index (χ0) is 22.8. The number of alkyl halides is 3. The lowest BCUT2D eigenvalue weighted by Crippen LogP contribution is -2.52. The lowest BCUT2D eigenvalue weighted by molar-refractivity contribution is -0.274. The molecule has 0 amide bonds. The van der Waals surface area contributed by atoms with E-state index in [9.17, 15) is 23.5 Å². The minimum absolute atomic E-state index is 0.0763. The van der Waals surface area contributed by atoms with Gasteiger partial charge in [0.2, 0.25) is 0 Å². The molecule has 32 heavy (non-hydrogen) atoms. The molecule has 5 rings (SSSR count). The average Bonchev–Trinajstić information content (AvgIpc) is 3.39. The molecule has 2 aliphatic heterocycles. The fourth-order valence-electron chi connectivity index (χ4n) is 4.41. The molecule has 2 atom stereocenters. The highest BCUT2D eigenvalue weighted by Gasteiger charge is 2.42. The van der Waals surface area contributed by atoms with Gasteiger partial charge in [-0.05, 0) is 32.8 Å². The number of hydrogen-bond acceptors (Lipinski definition) is 9. The van der Waals surface area contributed by atoms with Crippen molar-refractivity contribution in [2.24, 2.45) is 0 Å². The highest BCUT2D eigenvalue weighted by atomic mass is 32.1. The number of fused-ring (bicyclic) bond motifs is 3. The zero-order valence-corrected chi connectivity index (χ0v) is 18.1. The maximum absolute atomic E-state index is 13.3. The molecular formula is C20H21F3N4O4S. The van der Waals surface area contributed by atoms with Crippen LogP contribution in [0.2, 0.25) is 0 Å². The van der Waals surface area contributed by atoms with Crippen molar-refractivity contribution in [3.8, 4) is 16.3 Å². The molecule has 0 saturated carbocycles. The molecule has 4 heterocycles. The number of oxazole rings is 1. The summed E-state index contributed by atoms with van der Waals surface area (Å²) < 4.78 is 50.3. The first-order valence-electron chi connectivity index (χ1n) is 10.1. The molecule has 8 nitrogen and oxygen atoms in total. The second-order valence-electron chi connectivity index (χ2n) is 8.59. The van der Waals surface area contributed by atoms with Crippen LogP contribution in [-0.2, 0) is 5.60 Å². The molecule has 2 fully saturated rings. The number of ether oxygens (including phenoxy) is 1. The van der Waals surface area contributed by atoms with Gasteiger partial charge in [-0.3, -0.25) is 0 Å². The molecule has 2 aliphatic rings. The summed E-state index contributed by atoms with van der Waals surface area (Å²) in [4.78, 5) is 10.5. The van der Waals surface area contributed by atoms with Crippen LogP contribution in [0, 0.1) is 0 Å². The number of aliphatic hydroxyl groups is 1. The number of aromatic nitrogens is 2. The van der Waals surface area contributed by atoms with E-state index >= 15 is 0 Å². The number of hydrogen-bond donors (Lipinski definition) is 2. The van der Waals surface area contributed by atoms with Gasteiger partial charge in [0, 0.05) is 30.2 Å². The van der Waals surface area contributed by atoms with E-state index in [1.54, 1.807) is 11.6 Å². The summed E-state index contributed by atoms with van der Waals surface area (Å²) >= 11 is 1.29. The highest BCUT2D eigenvalue weighted by molar-refractivity contribution is 7.13. The second kappa shape index (κ2) is 7.30. The molecule has 3 aromatic rings. The predicted octanol–water partition coefficient (Wildman–Crippen LogP) is 4.12. The van der Waals surface area contributed by atoms with Crippen LogP contribution >= 0.6 is 11.3 Å². The minimum atomic E-state index is -4.99. The smallest absolute Gasteiger partial charge is 0.422 e. The second-order valence-corrected chi connectivity index (χ2v) is 9.48. The van der Waals surface area contributed by atoms with Crippen molar-refractivity contribution in [3.05, 3.63) is 23.2 Å². The molecule has 0 radical (unpaired) electrons. The summed E-state index contributed by atoms with van der Waals surface area (Å²) in [7, 11) is 0. The van der Waals surface area contributed by atoms with E-state index in [4.69, 9.17) is 4.42 Å². The number of hydroxylamine groups is 2. The van der Waals surface area contributed by atoms with Gasteiger partial charge >= 0.3 is 6.36 Å². The number of benzene rings is 1. The van der Waals surface area contributed by atoms with Crippen LogP contribution in [0.3, 0.4) is 0 Å². The molecule has 2 bridgehead atoms. The highest BCUT2D eigenvalue weighted by Crippen LogP contribution is 2.45. The fraction of sp³-hybridized carbons (Fsp3) is 0.500. The number of nitrogens with zero attached hydrogens (tertiary/aromatic N) is 4. The van der Waals surface area contributed by atoms with E-state index in [1.165, 1.54) is 36.3 Å². The van der Waals surface area contributed by atoms with Crippen molar-refractivity contribution in [3.63, 3.8) is 0 Å². The van der Waals surface area contributed by atoms with Crippen molar-refractivity contribution < 1.29 is 32.6 Å². The maximum atomic E-state index is 13.3. The quantitative estimate of drug-likeness (QED) is 0.588. The Morgan fingerprint density at radius 3 is 2.47 bits per heavy atom. The standard InChI is InChI=1S/C20H21F3N4O4S/c1-19(2,28)13-7-12(17-24-5-6-32-17)15-14(16(13)31-20(21,22)23)25-18(30-15)26-8-10-3-4-11(9-26)27(10)29/h5-7,10-11,28-29H,3-4,8-9H2,1-2H3. The van der Waals surface area contributed by atoms with E-state index in [-0.39, 0.29) is 34.8 Å². The molecule has 12 heteroatoms. The summed E-state index contributed by atoms with van der Waals surface area (Å²) in [5, 5.41) is 24.4. The molecule has 2 N–H and O–H groups in total. The van der Waals surface area contributed by atoms with Crippen molar-refractivity contribution in [2.45, 2.75) is 50.7 Å². The molecular weight excluding hydrogens is 449 g/mol. The Bertz CT molecular complexity index is 1130. The van der Waals surface area contributed by atoms with Crippen LogP contribution in [0.15, 0.2) is 22.1 Å². The Morgan fingerprint density at radius 1 is 1.22 bits per heavy atom. The van der Waals surface area contributed by atoms with Gasteiger partial charge in [0.15, 0.2) is 16.8 Å². The van der Waals surface area contributed by atoms with Gasteiger partial charge in [-0.1, -0.05) is 0 Å². The normalized spacial score (nSPS) is 22.2. The summed E-state index contributed by atoms with van der Waals surface area (Å²) in [6.45, 7) is 3.62.